The van der Waals surface area contributed by atoms with Crippen LogP contribution >= 0.6 is 11.3 Å². The van der Waals surface area contributed by atoms with Crippen molar-refractivity contribution in [3.05, 3.63) is 49.3 Å². The number of nitrogens with zero attached hydrogens (tertiary/aromatic N) is 1. The zero-order valence-electron chi connectivity index (χ0n) is 12.9. The highest BCUT2D eigenvalue weighted by Gasteiger charge is 2.17. The number of aromatic amines is 1. The van der Waals surface area contributed by atoms with Crippen LogP contribution in [0.1, 0.15) is 50.0 Å². The van der Waals surface area contributed by atoms with Crippen LogP contribution in [0.25, 0.3) is 0 Å². The van der Waals surface area contributed by atoms with E-state index in [0.29, 0.717) is 18.0 Å². The number of H-pyrrole nitrogens is 1. The molecule has 126 valence electrons. The average molecular weight is 347 g/mol. The fourth-order valence-corrected chi connectivity index (χ4v) is 3.52. The molecule has 0 fully saturated rings. The molecular formula is C16H17N3O4S. The van der Waals surface area contributed by atoms with Crippen LogP contribution in [0.5, 0.6) is 0 Å². The first kappa shape index (κ1) is 16.4. The van der Waals surface area contributed by atoms with E-state index in [4.69, 9.17) is 5.11 Å². The number of pyridine rings is 1. The van der Waals surface area contributed by atoms with Gasteiger partial charge in [-0.3, -0.25) is 9.59 Å². The average Bonchev–Trinajstić information content (AvgIpc) is 3.03. The summed E-state index contributed by atoms with van der Waals surface area (Å²) < 4.78 is 0. The molecule has 0 bridgehead atoms. The van der Waals surface area contributed by atoms with Crippen LogP contribution in [0.4, 0.5) is 0 Å². The number of aromatic carboxylic acids is 1. The number of carbonyl (C=O) groups is 2. The SMILES string of the molecule is O=C(O)c1csc(CCNC(=O)c2cc3c([nH]c2=O)CCCC3)n1. The van der Waals surface area contributed by atoms with Crippen LogP contribution in [0.15, 0.2) is 16.2 Å². The van der Waals surface area contributed by atoms with Crippen molar-refractivity contribution in [2.75, 3.05) is 6.54 Å². The van der Waals surface area contributed by atoms with Gasteiger partial charge in [0.25, 0.3) is 11.5 Å². The van der Waals surface area contributed by atoms with Crippen LogP contribution in [0.2, 0.25) is 0 Å². The molecule has 2 heterocycles. The van der Waals surface area contributed by atoms with Crippen LogP contribution in [0.3, 0.4) is 0 Å². The summed E-state index contributed by atoms with van der Waals surface area (Å²) in [5.74, 6) is -1.48. The molecule has 2 aromatic rings. The number of aryl methyl sites for hydroxylation is 2. The van der Waals surface area contributed by atoms with E-state index in [-0.39, 0.29) is 16.8 Å². The number of carbonyl (C=O) groups excluding carboxylic acids is 1. The van der Waals surface area contributed by atoms with Gasteiger partial charge >= 0.3 is 5.97 Å². The van der Waals surface area contributed by atoms with Gasteiger partial charge in [-0.05, 0) is 37.3 Å². The summed E-state index contributed by atoms with van der Waals surface area (Å²) in [6, 6.07) is 1.69. The van der Waals surface area contributed by atoms with Gasteiger partial charge in [-0.25, -0.2) is 9.78 Å². The predicted octanol–water partition coefficient (Wildman–Crippen LogP) is 1.38. The van der Waals surface area contributed by atoms with Gasteiger partial charge in [0.1, 0.15) is 5.56 Å². The maximum Gasteiger partial charge on any atom is 0.355 e. The summed E-state index contributed by atoms with van der Waals surface area (Å²) >= 11 is 1.24. The molecule has 0 atom stereocenters. The van der Waals surface area contributed by atoms with E-state index in [1.807, 2.05) is 0 Å². The zero-order valence-corrected chi connectivity index (χ0v) is 13.7. The fraction of sp³-hybridized carbons (Fsp3) is 0.375. The van der Waals surface area contributed by atoms with Crippen molar-refractivity contribution in [2.24, 2.45) is 0 Å². The van der Waals surface area contributed by atoms with Crippen LogP contribution in [-0.4, -0.2) is 33.5 Å². The first-order valence-corrected chi connectivity index (χ1v) is 8.63. The molecular weight excluding hydrogens is 330 g/mol. The molecule has 3 N–H and O–H groups in total. The van der Waals surface area contributed by atoms with Crippen molar-refractivity contribution in [3.8, 4) is 0 Å². The van der Waals surface area contributed by atoms with Gasteiger partial charge in [-0.15, -0.1) is 11.3 Å². The zero-order chi connectivity index (χ0) is 17.1. The number of thiazole rings is 1. The van der Waals surface area contributed by atoms with E-state index in [0.717, 1.165) is 36.9 Å². The van der Waals surface area contributed by atoms with E-state index >= 15 is 0 Å². The Bertz CT molecular complexity index is 840. The molecule has 3 rings (SSSR count). The minimum absolute atomic E-state index is 0.00691. The Balaban J connectivity index is 1.62. The highest BCUT2D eigenvalue weighted by Crippen LogP contribution is 2.18. The van der Waals surface area contributed by atoms with E-state index in [2.05, 4.69) is 15.3 Å². The molecule has 0 radical (unpaired) electrons. The quantitative estimate of drug-likeness (QED) is 0.756. The molecule has 24 heavy (non-hydrogen) atoms. The van der Waals surface area contributed by atoms with Crippen LogP contribution < -0.4 is 10.9 Å². The number of carboxylic acid groups (broad SMARTS) is 1. The molecule has 0 saturated heterocycles. The van der Waals surface area contributed by atoms with Gasteiger partial charge in [-0.1, -0.05) is 0 Å². The molecule has 2 aromatic heterocycles. The molecule has 1 aliphatic carbocycles. The first-order valence-electron chi connectivity index (χ1n) is 7.75. The standard InChI is InChI=1S/C16H17N3O4S/c20-14(17-6-5-13-18-12(8-24-13)16(22)23)10-7-9-3-1-2-4-11(9)19-15(10)21/h7-8H,1-6H2,(H,17,20)(H,19,21)(H,22,23). The topological polar surface area (TPSA) is 112 Å². The molecule has 1 amide bonds. The van der Waals surface area contributed by atoms with E-state index < -0.39 is 11.9 Å². The van der Waals surface area contributed by atoms with E-state index in [1.54, 1.807) is 6.07 Å². The summed E-state index contributed by atoms with van der Waals surface area (Å²) in [6.45, 7) is 0.294. The molecule has 0 aromatic carbocycles. The minimum atomic E-state index is -1.07. The number of rotatable bonds is 5. The maximum absolute atomic E-state index is 12.2. The van der Waals surface area contributed by atoms with Gasteiger partial charge in [-0.2, -0.15) is 0 Å². The Labute approximate surface area is 141 Å². The van der Waals surface area contributed by atoms with Crippen molar-refractivity contribution in [1.82, 2.24) is 15.3 Å². The number of carboxylic acids is 1. The Morgan fingerprint density at radius 3 is 2.88 bits per heavy atom. The molecule has 1 aliphatic rings. The van der Waals surface area contributed by atoms with Gasteiger partial charge in [0.2, 0.25) is 0 Å². The normalized spacial score (nSPS) is 13.3. The molecule has 0 spiro atoms. The lowest BCUT2D eigenvalue weighted by molar-refractivity contribution is 0.0690. The lowest BCUT2D eigenvalue weighted by Gasteiger charge is -2.15. The van der Waals surface area contributed by atoms with Gasteiger partial charge in [0.15, 0.2) is 5.69 Å². The van der Waals surface area contributed by atoms with Crippen molar-refractivity contribution in [1.29, 1.82) is 0 Å². The fourth-order valence-electron chi connectivity index (χ4n) is 2.75. The summed E-state index contributed by atoms with van der Waals surface area (Å²) in [7, 11) is 0. The molecule has 7 nitrogen and oxygen atoms in total. The smallest absolute Gasteiger partial charge is 0.355 e. The Morgan fingerprint density at radius 1 is 1.33 bits per heavy atom. The lowest BCUT2D eigenvalue weighted by atomic mass is 9.95. The minimum Gasteiger partial charge on any atom is -0.476 e. The first-order chi connectivity index (χ1) is 11.5. The van der Waals surface area contributed by atoms with E-state index in [9.17, 15) is 14.4 Å². The Morgan fingerprint density at radius 2 is 2.12 bits per heavy atom. The Kier molecular flexibility index (Phi) is 4.75. The van der Waals surface area contributed by atoms with Crippen LogP contribution in [-0.2, 0) is 19.3 Å². The third kappa shape index (κ3) is 3.53. The lowest BCUT2D eigenvalue weighted by Crippen LogP contribution is -2.32. The third-order valence-electron chi connectivity index (χ3n) is 3.98. The summed E-state index contributed by atoms with van der Waals surface area (Å²) in [4.78, 5) is 41.8. The Hall–Kier alpha value is -2.48. The maximum atomic E-state index is 12.2. The second-order valence-electron chi connectivity index (χ2n) is 5.66. The van der Waals surface area contributed by atoms with E-state index in [1.165, 1.54) is 16.7 Å². The number of nitrogens with one attached hydrogen (secondary N) is 2. The molecule has 0 aliphatic heterocycles. The molecule has 8 heteroatoms. The molecule has 0 unspecified atom stereocenters. The van der Waals surface area contributed by atoms with Crippen molar-refractivity contribution >= 4 is 23.2 Å². The van der Waals surface area contributed by atoms with Gasteiger partial charge in [0.05, 0.1) is 5.01 Å². The number of aromatic nitrogens is 2. The van der Waals surface area contributed by atoms with Gasteiger partial charge < -0.3 is 15.4 Å². The van der Waals surface area contributed by atoms with Crippen molar-refractivity contribution < 1.29 is 14.7 Å². The number of hydrogen-bond acceptors (Lipinski definition) is 5. The van der Waals surface area contributed by atoms with Crippen molar-refractivity contribution in [2.45, 2.75) is 32.1 Å². The molecule has 0 saturated carbocycles. The second kappa shape index (κ2) is 6.96. The van der Waals surface area contributed by atoms with Gasteiger partial charge in [0, 0.05) is 24.0 Å². The van der Waals surface area contributed by atoms with Crippen molar-refractivity contribution in [3.63, 3.8) is 0 Å². The number of amides is 1. The monoisotopic (exact) mass is 347 g/mol. The largest absolute Gasteiger partial charge is 0.476 e. The summed E-state index contributed by atoms with van der Waals surface area (Å²) in [6.07, 6.45) is 4.27. The second-order valence-corrected chi connectivity index (χ2v) is 6.60. The van der Waals surface area contributed by atoms with Crippen LogP contribution in [0, 0.1) is 0 Å². The summed E-state index contributed by atoms with van der Waals surface area (Å²) in [5, 5.41) is 13.6. The summed E-state index contributed by atoms with van der Waals surface area (Å²) in [5.41, 5.74) is 1.74. The third-order valence-corrected chi connectivity index (χ3v) is 4.89. The number of fused-ring (bicyclic) bond motifs is 1. The highest BCUT2D eigenvalue weighted by molar-refractivity contribution is 7.09. The number of hydrogen-bond donors (Lipinski definition) is 3. The predicted molar refractivity (Wildman–Crippen MR) is 88.8 cm³/mol. The highest BCUT2D eigenvalue weighted by atomic mass is 32.1.